The smallest absolute Gasteiger partial charge is 0.418 e. The van der Waals surface area contributed by atoms with Crippen LogP contribution in [0, 0.1) is 11.8 Å². The number of halogens is 12. The maximum atomic E-state index is 9.75. The van der Waals surface area contributed by atoms with Gasteiger partial charge in [-0.2, -0.15) is 0 Å². The van der Waals surface area contributed by atoms with E-state index in [-0.39, 0.29) is 17.1 Å². The standard InChI is InChI=1S/C9H10.2CO.3BF4.Fe/c1-2-3-6-9-7-4-5-8-9;2*1-2;3*2-1(3,4)5;/h4-5,7H,6,8H2,1H3;;;;;;/q;;;3*-1;+3. The topological polar surface area (TPSA) is 34.1 Å². The molecule has 0 bridgehead atoms. The molecule has 5 radical (unpaired) electrons. The molecule has 0 fully saturated rings. The molecule has 0 aromatic carbocycles. The summed E-state index contributed by atoms with van der Waals surface area (Å²) < 4.78 is 117. The van der Waals surface area contributed by atoms with Gasteiger partial charge in [0.1, 0.15) is 0 Å². The monoisotopic (exact) mass is 491 g/mol. The normalized spacial score (nSPS) is 11.0. The van der Waals surface area contributed by atoms with Crippen molar-refractivity contribution in [1.29, 1.82) is 0 Å². The Kier molecular flexibility index (Phi) is 34.8. The summed E-state index contributed by atoms with van der Waals surface area (Å²) >= 11 is 0. The minimum absolute atomic E-state index is 0. The summed E-state index contributed by atoms with van der Waals surface area (Å²) in [6.45, 7) is 10.9. The molecule has 1 rings (SSSR count). The summed E-state index contributed by atoms with van der Waals surface area (Å²) in [6.07, 6.45) is 8.45. The van der Waals surface area contributed by atoms with Gasteiger partial charge in [-0.3, -0.25) is 9.59 Å². The molecule has 0 amide bonds. The second kappa shape index (κ2) is 24.3. The zero-order valence-electron chi connectivity index (χ0n) is 14.1. The summed E-state index contributed by atoms with van der Waals surface area (Å²) in [7, 11) is -18.0. The molecule has 0 atom stereocenters. The van der Waals surface area contributed by atoms with E-state index in [1.54, 1.807) is 0 Å². The third-order valence-electron chi connectivity index (χ3n) is 1.34. The molecular formula is C11H10B3F12FeO2. The molecule has 0 unspecified atom stereocenters. The van der Waals surface area contributed by atoms with E-state index in [0.717, 1.165) is 12.8 Å². The Balaban J connectivity index is -0.0000000589. The molecule has 0 heterocycles. The number of hydrogen-bond acceptors (Lipinski definition) is 2. The van der Waals surface area contributed by atoms with E-state index >= 15 is 0 Å². The Labute approximate surface area is 170 Å². The fourth-order valence-electron chi connectivity index (χ4n) is 0.825. The largest absolute Gasteiger partial charge is 3.00 e. The Morgan fingerprint density at radius 1 is 0.793 bits per heavy atom. The molecule has 0 aliphatic heterocycles. The zero-order valence-corrected chi connectivity index (χ0v) is 15.2. The molecule has 0 aromatic heterocycles. The quantitative estimate of drug-likeness (QED) is 0.281. The molecule has 167 valence electrons. The first-order chi connectivity index (χ1) is 12.4. The minimum Gasteiger partial charge on any atom is -0.418 e. The van der Waals surface area contributed by atoms with Crippen LogP contribution in [0.25, 0.3) is 0 Å². The van der Waals surface area contributed by atoms with E-state index < -0.39 is 21.8 Å². The molecule has 0 aromatic rings. The summed E-state index contributed by atoms with van der Waals surface area (Å²) in [5, 5.41) is 0. The van der Waals surface area contributed by atoms with E-state index in [1.807, 2.05) is 6.92 Å². The van der Waals surface area contributed by atoms with E-state index in [0.29, 0.717) is 0 Å². The Morgan fingerprint density at radius 3 is 1.24 bits per heavy atom. The van der Waals surface area contributed by atoms with E-state index in [9.17, 15) is 51.8 Å². The SMILES string of the molecule is CC#CCC1=CC=CC1.F[B-](F)(F)F.F[B-](F)(F)F.F[B-](F)(F)F.[C]=O.[C]=O.[Fe+3]. The molecule has 2 nitrogen and oxygen atoms in total. The molecular weight excluding hydrogens is 480 g/mol. The van der Waals surface area contributed by atoms with Gasteiger partial charge >= 0.3 is 38.8 Å². The molecule has 0 saturated carbocycles. The van der Waals surface area contributed by atoms with Gasteiger partial charge in [0.25, 0.3) is 13.6 Å². The first-order valence-electron chi connectivity index (χ1n) is 6.20. The van der Waals surface area contributed by atoms with Crippen molar-refractivity contribution in [2.24, 2.45) is 0 Å². The van der Waals surface area contributed by atoms with Gasteiger partial charge in [-0.1, -0.05) is 29.7 Å². The number of allylic oxidation sites excluding steroid dienone is 4. The van der Waals surface area contributed by atoms with Crippen LogP contribution in [0.2, 0.25) is 0 Å². The summed E-state index contributed by atoms with van der Waals surface area (Å²) in [4.78, 5) is 15.0. The van der Waals surface area contributed by atoms with Crippen LogP contribution in [0.5, 0.6) is 0 Å². The average molecular weight is 490 g/mol. The van der Waals surface area contributed by atoms with E-state index in [4.69, 9.17) is 9.59 Å². The van der Waals surface area contributed by atoms with Gasteiger partial charge in [0.05, 0.1) is 0 Å². The first-order valence-corrected chi connectivity index (χ1v) is 6.20. The van der Waals surface area contributed by atoms with Gasteiger partial charge in [-0.15, -0.1) is 5.92 Å². The molecule has 29 heavy (non-hydrogen) atoms. The Bertz CT molecular complexity index is 432. The van der Waals surface area contributed by atoms with E-state index in [1.165, 1.54) is 5.57 Å². The molecule has 0 N–H and O–H groups in total. The molecule has 1 aliphatic carbocycles. The molecule has 0 spiro atoms. The number of rotatable bonds is 1. The summed E-state index contributed by atoms with van der Waals surface area (Å²) in [6, 6.07) is 0. The second-order valence-corrected chi connectivity index (χ2v) is 3.55. The number of carbonyl (C=O) groups excluding carboxylic acids is 2. The average Bonchev–Trinajstić information content (AvgIpc) is 2.97. The van der Waals surface area contributed by atoms with Crippen molar-refractivity contribution in [3.63, 3.8) is 0 Å². The predicted octanol–water partition coefficient (Wildman–Crippen LogP) is 5.39. The first kappa shape index (κ1) is 41.6. The third-order valence-corrected chi connectivity index (χ3v) is 1.34. The fraction of sp³-hybridized carbons (Fsp3) is 0.273. The van der Waals surface area contributed by atoms with Gasteiger partial charge in [-0.25, -0.2) is 0 Å². The Morgan fingerprint density at radius 2 is 1.07 bits per heavy atom. The summed E-state index contributed by atoms with van der Waals surface area (Å²) in [5.74, 6) is 5.91. The van der Waals surface area contributed by atoms with Gasteiger partial charge < -0.3 is 51.8 Å². The van der Waals surface area contributed by atoms with Crippen molar-refractivity contribution < 1.29 is 78.4 Å². The minimum atomic E-state index is -6.00. The second-order valence-electron chi connectivity index (χ2n) is 3.55. The van der Waals surface area contributed by atoms with E-state index in [2.05, 4.69) is 43.6 Å². The Hall–Kier alpha value is -1.75. The van der Waals surface area contributed by atoms with Crippen molar-refractivity contribution in [2.45, 2.75) is 19.8 Å². The van der Waals surface area contributed by atoms with Crippen LogP contribution in [-0.4, -0.2) is 35.3 Å². The van der Waals surface area contributed by atoms with Crippen molar-refractivity contribution in [1.82, 2.24) is 0 Å². The van der Waals surface area contributed by atoms with Crippen molar-refractivity contribution in [3.05, 3.63) is 23.8 Å². The van der Waals surface area contributed by atoms with Crippen LogP contribution < -0.4 is 0 Å². The van der Waals surface area contributed by atoms with Crippen LogP contribution in [0.3, 0.4) is 0 Å². The molecule has 18 heteroatoms. The maximum absolute atomic E-state index is 9.75. The van der Waals surface area contributed by atoms with Crippen LogP contribution in [-0.2, 0) is 26.7 Å². The van der Waals surface area contributed by atoms with Crippen molar-refractivity contribution in [2.75, 3.05) is 0 Å². The third kappa shape index (κ3) is 180. The van der Waals surface area contributed by atoms with Crippen LogP contribution >= 0.6 is 0 Å². The van der Waals surface area contributed by atoms with Gasteiger partial charge in [0.15, 0.2) is 0 Å². The zero-order chi connectivity index (χ0) is 24.0. The summed E-state index contributed by atoms with van der Waals surface area (Å²) in [5.41, 5.74) is 1.43. The molecule has 1 aliphatic rings. The maximum Gasteiger partial charge on any atom is 3.00 e. The van der Waals surface area contributed by atoms with Crippen molar-refractivity contribution >= 4 is 35.3 Å². The number of hydrogen-bond donors (Lipinski definition) is 0. The van der Waals surface area contributed by atoms with Gasteiger partial charge in [-0.05, 0) is 13.3 Å². The van der Waals surface area contributed by atoms with Gasteiger partial charge in [0.2, 0.25) is 0 Å². The van der Waals surface area contributed by atoms with Crippen LogP contribution in [0.15, 0.2) is 23.8 Å². The van der Waals surface area contributed by atoms with Gasteiger partial charge in [0, 0.05) is 6.42 Å². The molecule has 0 saturated heterocycles. The van der Waals surface area contributed by atoms with Crippen LogP contribution in [0.4, 0.5) is 51.8 Å². The van der Waals surface area contributed by atoms with Crippen molar-refractivity contribution in [3.8, 4) is 11.8 Å². The predicted molar refractivity (Wildman–Crippen MR) is 81.9 cm³/mol. The fourth-order valence-corrected chi connectivity index (χ4v) is 0.825. The van der Waals surface area contributed by atoms with Crippen LogP contribution in [0.1, 0.15) is 19.8 Å².